The summed E-state index contributed by atoms with van der Waals surface area (Å²) in [6.07, 6.45) is 5.92. The predicted molar refractivity (Wildman–Crippen MR) is 191 cm³/mol. The number of hydrogen-bond acceptors (Lipinski definition) is 10. The van der Waals surface area contributed by atoms with Crippen LogP contribution in [0, 0.1) is 5.92 Å². The molecule has 0 aromatic carbocycles. The highest BCUT2D eigenvalue weighted by Crippen LogP contribution is 2.13. The molecule has 0 heterocycles. The van der Waals surface area contributed by atoms with Crippen molar-refractivity contribution >= 4 is 54.1 Å². The average Bonchev–Trinajstić information content (AvgIpc) is 3.05. The molecule has 0 aliphatic rings. The van der Waals surface area contributed by atoms with Crippen LogP contribution in [-0.2, 0) is 43.2 Å². The van der Waals surface area contributed by atoms with Crippen molar-refractivity contribution in [2.75, 3.05) is 13.6 Å². The molecule has 50 heavy (non-hydrogen) atoms. The number of amides is 4. The molecular formula is C36H63N5O9. The predicted octanol–water partition coefficient (Wildman–Crippen LogP) is 2.43. The maximum absolute atomic E-state index is 13.1. The standard InChI is InChI=1S/C35H61N5O8.CH2O/c1-7-28(10-8-18-37-33(46)22-29(36-6)15-14-26(4)43)38-35(48)23-31(40-34(47)20-24(2)12-13-25(3)42)16-17-32(45)39-30(11-9-19-41)21-27(5)44;1-2/h19,24,28-31,36H,7-18,20-23H2,1-6H3,(H,37,46)(H,38,48)(H,39,45)(H,40,47);1H2. The van der Waals surface area contributed by atoms with E-state index < -0.39 is 12.1 Å². The van der Waals surface area contributed by atoms with E-state index in [1.807, 2.05) is 20.6 Å². The quantitative estimate of drug-likeness (QED) is 0.0565. The molecule has 0 aromatic rings. The molecule has 0 spiro atoms. The van der Waals surface area contributed by atoms with Crippen LogP contribution in [0.1, 0.15) is 131 Å². The summed E-state index contributed by atoms with van der Waals surface area (Å²) in [6, 6.07) is -1.31. The van der Waals surface area contributed by atoms with Crippen LogP contribution in [0.3, 0.4) is 0 Å². The van der Waals surface area contributed by atoms with Gasteiger partial charge in [0.05, 0.1) is 0 Å². The number of aldehydes is 1. The number of nitrogens with one attached hydrogen (secondary N) is 5. The van der Waals surface area contributed by atoms with Crippen molar-refractivity contribution in [3.8, 4) is 0 Å². The molecule has 0 bridgehead atoms. The highest BCUT2D eigenvalue weighted by molar-refractivity contribution is 5.82. The first-order chi connectivity index (χ1) is 23.7. The van der Waals surface area contributed by atoms with E-state index in [0.29, 0.717) is 57.9 Å². The Hall–Kier alpha value is -3.81. The number of ketones is 3. The molecule has 0 saturated carbocycles. The van der Waals surface area contributed by atoms with Gasteiger partial charge < -0.3 is 45.8 Å². The molecular weight excluding hydrogens is 646 g/mol. The maximum Gasteiger partial charge on any atom is 0.222 e. The van der Waals surface area contributed by atoms with E-state index in [0.717, 1.165) is 6.29 Å². The Labute approximate surface area is 298 Å². The third-order valence-electron chi connectivity index (χ3n) is 8.17. The van der Waals surface area contributed by atoms with Gasteiger partial charge in [-0.25, -0.2) is 0 Å². The van der Waals surface area contributed by atoms with E-state index in [9.17, 15) is 38.4 Å². The number of rotatable bonds is 29. The third kappa shape index (κ3) is 28.1. The second-order valence-electron chi connectivity index (χ2n) is 13.1. The first kappa shape index (κ1) is 48.3. The summed E-state index contributed by atoms with van der Waals surface area (Å²) >= 11 is 0. The van der Waals surface area contributed by atoms with Crippen molar-refractivity contribution in [2.24, 2.45) is 5.92 Å². The van der Waals surface area contributed by atoms with Crippen LogP contribution in [0.15, 0.2) is 0 Å². The van der Waals surface area contributed by atoms with Crippen LogP contribution >= 0.6 is 0 Å². The van der Waals surface area contributed by atoms with Gasteiger partial charge in [0.1, 0.15) is 30.4 Å². The molecule has 0 aliphatic heterocycles. The molecule has 5 unspecified atom stereocenters. The Balaban J connectivity index is 0. The number of carbonyl (C=O) groups excluding carboxylic acids is 9. The molecule has 14 heteroatoms. The van der Waals surface area contributed by atoms with Crippen molar-refractivity contribution in [3.63, 3.8) is 0 Å². The minimum atomic E-state index is -0.621. The Bertz CT molecular complexity index is 1070. The van der Waals surface area contributed by atoms with E-state index >= 15 is 0 Å². The van der Waals surface area contributed by atoms with Crippen molar-refractivity contribution in [1.29, 1.82) is 0 Å². The normalized spacial score (nSPS) is 13.6. The smallest absolute Gasteiger partial charge is 0.222 e. The molecule has 0 aromatic heterocycles. The van der Waals surface area contributed by atoms with Gasteiger partial charge in [-0.2, -0.15) is 0 Å². The van der Waals surface area contributed by atoms with Crippen LogP contribution < -0.4 is 26.6 Å². The minimum Gasteiger partial charge on any atom is -0.356 e. The second-order valence-corrected chi connectivity index (χ2v) is 13.1. The van der Waals surface area contributed by atoms with Gasteiger partial charge in [-0.05, 0) is 78.7 Å². The van der Waals surface area contributed by atoms with Crippen LogP contribution in [0.5, 0.6) is 0 Å². The maximum atomic E-state index is 13.1. The lowest BCUT2D eigenvalue weighted by Crippen LogP contribution is -2.43. The number of carbonyl (C=O) groups is 9. The summed E-state index contributed by atoms with van der Waals surface area (Å²) in [7, 11) is 1.76. The van der Waals surface area contributed by atoms with Gasteiger partial charge in [-0.15, -0.1) is 0 Å². The lowest BCUT2D eigenvalue weighted by Gasteiger charge is -2.23. The molecule has 0 fully saturated rings. The van der Waals surface area contributed by atoms with Gasteiger partial charge in [-0.1, -0.05) is 13.8 Å². The number of hydrogen-bond donors (Lipinski definition) is 5. The van der Waals surface area contributed by atoms with Crippen molar-refractivity contribution in [1.82, 2.24) is 26.6 Å². The Morgan fingerprint density at radius 1 is 0.600 bits per heavy atom. The van der Waals surface area contributed by atoms with E-state index in [1.54, 1.807) is 7.05 Å². The zero-order chi connectivity index (χ0) is 38.5. The van der Waals surface area contributed by atoms with Gasteiger partial charge in [-0.3, -0.25) is 24.0 Å². The van der Waals surface area contributed by atoms with E-state index in [2.05, 4.69) is 26.6 Å². The molecule has 5 atom stereocenters. The monoisotopic (exact) mass is 709 g/mol. The minimum absolute atomic E-state index is 0.00761. The average molecular weight is 710 g/mol. The Morgan fingerprint density at radius 2 is 1.12 bits per heavy atom. The summed E-state index contributed by atoms with van der Waals surface area (Å²) in [6.45, 7) is 10.7. The summed E-state index contributed by atoms with van der Waals surface area (Å²) in [5, 5.41) is 14.7. The Kier molecular flexibility index (Phi) is 29.0. The van der Waals surface area contributed by atoms with Crippen LogP contribution in [0.2, 0.25) is 0 Å². The van der Waals surface area contributed by atoms with Gasteiger partial charge in [0.15, 0.2) is 0 Å². The lowest BCUT2D eigenvalue weighted by molar-refractivity contribution is -0.127. The fourth-order valence-corrected chi connectivity index (χ4v) is 5.31. The molecule has 0 rings (SSSR count). The Morgan fingerprint density at radius 3 is 1.68 bits per heavy atom. The topological polar surface area (TPSA) is 214 Å². The second kappa shape index (κ2) is 30.1. The van der Waals surface area contributed by atoms with Gasteiger partial charge in [0.25, 0.3) is 0 Å². The molecule has 4 amide bonds. The molecule has 0 radical (unpaired) electrons. The van der Waals surface area contributed by atoms with Crippen LogP contribution in [0.4, 0.5) is 0 Å². The first-order valence-corrected chi connectivity index (χ1v) is 17.7. The van der Waals surface area contributed by atoms with Crippen molar-refractivity contribution in [2.45, 2.75) is 155 Å². The van der Waals surface area contributed by atoms with Crippen molar-refractivity contribution < 1.29 is 43.2 Å². The first-order valence-electron chi connectivity index (χ1n) is 17.7. The third-order valence-corrected chi connectivity index (χ3v) is 8.17. The van der Waals surface area contributed by atoms with Crippen molar-refractivity contribution in [3.05, 3.63) is 0 Å². The van der Waals surface area contributed by atoms with Gasteiger partial charge in [0, 0.05) is 82.1 Å². The SMILES string of the molecule is C=O.CCC(CCCNC(=O)CC(CCC(C)=O)NC)NC(=O)CC(CCC(=O)NC(CCC=O)CC(C)=O)NC(=O)CC(C)CCC(C)=O. The van der Waals surface area contributed by atoms with Crippen LogP contribution in [-0.4, -0.2) is 91.8 Å². The van der Waals surface area contributed by atoms with Gasteiger partial charge >= 0.3 is 0 Å². The van der Waals surface area contributed by atoms with Gasteiger partial charge in [0.2, 0.25) is 23.6 Å². The zero-order valence-electron chi connectivity index (χ0n) is 31.2. The highest BCUT2D eigenvalue weighted by atomic mass is 16.2. The molecule has 0 aliphatic carbocycles. The summed E-state index contributed by atoms with van der Waals surface area (Å²) in [5.41, 5.74) is 0. The van der Waals surface area contributed by atoms with E-state index in [1.165, 1.54) is 20.8 Å². The molecule has 5 N–H and O–H groups in total. The zero-order valence-corrected chi connectivity index (χ0v) is 31.2. The molecule has 286 valence electrons. The number of Topliss-reactive ketones (excluding diaryl/α,β-unsaturated/α-hetero) is 3. The summed E-state index contributed by atoms with van der Waals surface area (Å²) in [5.74, 6) is -0.997. The van der Waals surface area contributed by atoms with E-state index in [4.69, 9.17) is 4.79 Å². The summed E-state index contributed by atoms with van der Waals surface area (Å²) in [4.78, 5) is 104. The fraction of sp³-hybridized carbons (Fsp3) is 0.750. The largest absolute Gasteiger partial charge is 0.356 e. The van der Waals surface area contributed by atoms with Crippen LogP contribution in [0.25, 0.3) is 0 Å². The molecule has 0 saturated heterocycles. The fourth-order valence-electron chi connectivity index (χ4n) is 5.31. The molecule has 14 nitrogen and oxygen atoms in total. The summed E-state index contributed by atoms with van der Waals surface area (Å²) < 4.78 is 0. The lowest BCUT2D eigenvalue weighted by atomic mass is 9.99. The van der Waals surface area contributed by atoms with E-state index in [-0.39, 0.29) is 104 Å². The highest BCUT2D eigenvalue weighted by Gasteiger charge is 2.22.